The smallest absolute Gasteiger partial charge is 0.278 e. The average Bonchev–Trinajstić information content (AvgIpc) is 2.87. The van der Waals surface area contributed by atoms with Gasteiger partial charge in [0.25, 0.3) is 5.69 Å². The van der Waals surface area contributed by atoms with Crippen molar-refractivity contribution in [2.24, 2.45) is 0 Å². The third-order valence-corrected chi connectivity index (χ3v) is 5.78. The van der Waals surface area contributed by atoms with Gasteiger partial charge in [0, 0.05) is 40.1 Å². The molecule has 4 rings (SSSR count). The number of rotatable bonds is 3. The molecule has 0 saturated heterocycles. The zero-order valence-electron chi connectivity index (χ0n) is 18.8. The number of carbonyl (C=O) groups is 1. The van der Waals surface area contributed by atoms with Crippen molar-refractivity contribution in [3.05, 3.63) is 129 Å². The van der Waals surface area contributed by atoms with Gasteiger partial charge in [0.15, 0.2) is 5.12 Å². The average molecular weight is 474 g/mol. The molecule has 4 nitrogen and oxygen atoms in total. The third kappa shape index (κ3) is 6.48. The molecule has 0 heterocycles. The number of nitro benzene ring substituents is 1. The Kier molecular flexibility index (Phi) is 7.43. The molecule has 0 bridgehead atoms. The van der Waals surface area contributed by atoms with Gasteiger partial charge in [-0.2, -0.15) is 0 Å². The number of thioether (sulfide) groups is 1. The number of hydrogen-bond acceptors (Lipinski definition) is 4. The van der Waals surface area contributed by atoms with Crippen LogP contribution in [0.3, 0.4) is 0 Å². The van der Waals surface area contributed by atoms with Gasteiger partial charge < -0.3 is 0 Å². The van der Waals surface area contributed by atoms with Crippen molar-refractivity contribution < 1.29 is 9.72 Å². The molecular weight excluding hydrogens is 454 g/mol. The second-order valence-electron chi connectivity index (χ2n) is 7.55. The van der Waals surface area contributed by atoms with Crippen LogP contribution in [-0.2, 0) is 4.79 Å². The van der Waals surface area contributed by atoms with Crippen molar-refractivity contribution in [3.8, 4) is 34.8 Å². The molecule has 0 aromatic heterocycles. The highest BCUT2D eigenvalue weighted by Gasteiger charge is 2.15. The Balaban J connectivity index is 1.54. The third-order valence-electron chi connectivity index (χ3n) is 4.98. The number of carbonyl (C=O) groups excluding carboxylic acids is 1. The van der Waals surface area contributed by atoms with Gasteiger partial charge in [0.05, 0.1) is 10.5 Å². The molecule has 35 heavy (non-hydrogen) atoms. The fraction of sp³-hybridized carbons (Fsp3) is 0.0333. The predicted octanol–water partition coefficient (Wildman–Crippen LogP) is 6.70. The quantitative estimate of drug-likeness (QED) is 0.144. The molecule has 0 saturated carbocycles. The summed E-state index contributed by atoms with van der Waals surface area (Å²) in [6, 6.07) is 29.3. The Morgan fingerprint density at radius 2 is 1.23 bits per heavy atom. The Morgan fingerprint density at radius 3 is 1.80 bits per heavy atom. The van der Waals surface area contributed by atoms with Crippen LogP contribution < -0.4 is 0 Å². The summed E-state index contributed by atoms with van der Waals surface area (Å²) >= 11 is 1.18. The van der Waals surface area contributed by atoms with Crippen molar-refractivity contribution in [1.82, 2.24) is 0 Å². The topological polar surface area (TPSA) is 60.2 Å². The SMILES string of the molecule is CC(=O)Sc1ccc(C#Cc2ccc(-c3ccc(C#Cc4ccccc4)cc3[N+](=O)[O-])cc2)cc1. The van der Waals surface area contributed by atoms with E-state index in [-0.39, 0.29) is 15.7 Å². The van der Waals surface area contributed by atoms with Crippen molar-refractivity contribution >= 4 is 22.6 Å². The van der Waals surface area contributed by atoms with Crippen LogP contribution in [0.2, 0.25) is 0 Å². The lowest BCUT2D eigenvalue weighted by atomic mass is 10.00. The maximum Gasteiger partial charge on any atom is 0.278 e. The van der Waals surface area contributed by atoms with Crippen molar-refractivity contribution in [1.29, 1.82) is 0 Å². The highest BCUT2D eigenvalue weighted by molar-refractivity contribution is 8.13. The fourth-order valence-electron chi connectivity index (χ4n) is 3.32. The maximum absolute atomic E-state index is 11.7. The zero-order valence-corrected chi connectivity index (χ0v) is 19.6. The van der Waals surface area contributed by atoms with Crippen LogP contribution in [0.15, 0.2) is 102 Å². The highest BCUT2D eigenvalue weighted by atomic mass is 32.2. The summed E-state index contributed by atoms with van der Waals surface area (Å²) in [5.41, 5.74) is 4.33. The molecule has 0 radical (unpaired) electrons. The molecule has 0 spiro atoms. The lowest BCUT2D eigenvalue weighted by Gasteiger charge is -2.04. The summed E-state index contributed by atoms with van der Waals surface area (Å²) in [7, 11) is 0. The number of benzene rings is 4. The van der Waals surface area contributed by atoms with E-state index < -0.39 is 0 Å². The second kappa shape index (κ2) is 11.0. The van der Waals surface area contributed by atoms with E-state index >= 15 is 0 Å². The first-order chi connectivity index (χ1) is 17.0. The standard InChI is InChI=1S/C30H19NO3S/c1-22(32)35-28-18-13-25(14-19-28)8-7-24-11-16-27(17-12-24)29-20-15-26(21-30(29)31(33)34)10-9-23-5-3-2-4-6-23/h2-6,11-21H,1H3. The van der Waals surface area contributed by atoms with E-state index in [1.165, 1.54) is 24.8 Å². The van der Waals surface area contributed by atoms with Crippen LogP contribution in [0, 0.1) is 33.8 Å². The zero-order chi connectivity index (χ0) is 24.6. The minimum absolute atomic E-state index is 0.00668. The first kappa shape index (κ1) is 23.6. The summed E-state index contributed by atoms with van der Waals surface area (Å²) in [5.74, 6) is 12.2. The molecule has 0 atom stereocenters. The van der Waals surface area contributed by atoms with Crippen molar-refractivity contribution in [2.45, 2.75) is 11.8 Å². The summed E-state index contributed by atoms with van der Waals surface area (Å²) in [4.78, 5) is 23.4. The molecule has 0 aliphatic rings. The molecule has 0 aliphatic heterocycles. The van der Waals surface area contributed by atoms with Gasteiger partial charge in [0.2, 0.25) is 0 Å². The predicted molar refractivity (Wildman–Crippen MR) is 140 cm³/mol. The Morgan fingerprint density at radius 1 is 0.714 bits per heavy atom. The molecule has 0 fully saturated rings. The van der Waals surface area contributed by atoms with Gasteiger partial charge in [-0.25, -0.2) is 0 Å². The molecule has 0 N–H and O–H groups in total. The van der Waals surface area contributed by atoms with E-state index in [4.69, 9.17) is 0 Å². The molecule has 0 aliphatic carbocycles. The molecule has 5 heteroatoms. The number of nitro groups is 1. The Hall–Kier alpha value is -4.58. The van der Waals surface area contributed by atoms with E-state index in [1.807, 2.05) is 78.9 Å². The Bertz CT molecular complexity index is 1500. The molecule has 4 aromatic rings. The van der Waals surface area contributed by atoms with Crippen LogP contribution in [0.25, 0.3) is 11.1 Å². The van der Waals surface area contributed by atoms with Crippen LogP contribution in [0.5, 0.6) is 0 Å². The second-order valence-corrected chi connectivity index (χ2v) is 8.80. The van der Waals surface area contributed by atoms with Crippen molar-refractivity contribution in [2.75, 3.05) is 0 Å². The first-order valence-corrected chi connectivity index (χ1v) is 11.6. The van der Waals surface area contributed by atoms with E-state index in [0.29, 0.717) is 11.1 Å². The lowest BCUT2D eigenvalue weighted by molar-refractivity contribution is -0.384. The van der Waals surface area contributed by atoms with Gasteiger partial charge in [-0.05, 0) is 66.2 Å². The minimum atomic E-state index is -0.384. The van der Waals surface area contributed by atoms with Crippen LogP contribution in [-0.4, -0.2) is 10.0 Å². The lowest BCUT2D eigenvalue weighted by Crippen LogP contribution is -1.93. The normalized spacial score (nSPS) is 9.86. The van der Waals surface area contributed by atoms with Gasteiger partial charge in [-0.3, -0.25) is 14.9 Å². The molecule has 168 valence electrons. The summed E-state index contributed by atoms with van der Waals surface area (Å²) in [6.45, 7) is 1.53. The van der Waals surface area contributed by atoms with Crippen LogP contribution >= 0.6 is 11.8 Å². The molecule has 0 unspecified atom stereocenters. The van der Waals surface area contributed by atoms with Gasteiger partial charge in [-0.1, -0.05) is 65.8 Å². The van der Waals surface area contributed by atoms with Crippen LogP contribution in [0.4, 0.5) is 5.69 Å². The molecule has 4 aromatic carbocycles. The van der Waals surface area contributed by atoms with E-state index in [1.54, 1.807) is 12.1 Å². The highest BCUT2D eigenvalue weighted by Crippen LogP contribution is 2.31. The van der Waals surface area contributed by atoms with Gasteiger partial charge >= 0.3 is 0 Å². The van der Waals surface area contributed by atoms with E-state index in [0.717, 1.165) is 27.1 Å². The maximum atomic E-state index is 11.7. The van der Waals surface area contributed by atoms with Gasteiger partial charge in [0.1, 0.15) is 0 Å². The summed E-state index contributed by atoms with van der Waals surface area (Å²) < 4.78 is 0. The van der Waals surface area contributed by atoms with E-state index in [2.05, 4.69) is 23.7 Å². The monoisotopic (exact) mass is 473 g/mol. The van der Waals surface area contributed by atoms with Crippen molar-refractivity contribution in [3.63, 3.8) is 0 Å². The van der Waals surface area contributed by atoms with Gasteiger partial charge in [-0.15, -0.1) is 0 Å². The minimum Gasteiger partial charge on any atom is -0.287 e. The Labute approximate surface area is 208 Å². The van der Waals surface area contributed by atoms with E-state index in [9.17, 15) is 14.9 Å². The number of hydrogen-bond donors (Lipinski definition) is 0. The van der Waals surface area contributed by atoms with Crippen LogP contribution in [0.1, 0.15) is 29.2 Å². The number of nitrogens with zero attached hydrogens (tertiary/aromatic N) is 1. The largest absolute Gasteiger partial charge is 0.287 e. The molecule has 0 amide bonds. The fourth-order valence-corrected chi connectivity index (χ4v) is 3.92. The summed E-state index contributed by atoms with van der Waals surface area (Å²) in [5, 5.41) is 11.8. The summed E-state index contributed by atoms with van der Waals surface area (Å²) in [6.07, 6.45) is 0. The first-order valence-electron chi connectivity index (χ1n) is 10.7. The molecular formula is C30H19NO3S.